The van der Waals surface area contributed by atoms with E-state index in [0.717, 1.165) is 44.2 Å². The lowest BCUT2D eigenvalue weighted by molar-refractivity contribution is 1.17. The molecule has 3 aromatic heterocycles. The lowest BCUT2D eigenvalue weighted by atomic mass is 10.1. The van der Waals surface area contributed by atoms with Gasteiger partial charge in [0.1, 0.15) is 5.69 Å². The van der Waals surface area contributed by atoms with E-state index in [-0.39, 0.29) is 0 Å². The van der Waals surface area contributed by atoms with Gasteiger partial charge in [-0.05, 0) is 31.2 Å². The van der Waals surface area contributed by atoms with Gasteiger partial charge in [0.05, 0.1) is 27.8 Å². The first-order chi connectivity index (χ1) is 10.8. The van der Waals surface area contributed by atoms with Crippen LogP contribution < -0.4 is 0 Å². The predicted octanol–water partition coefficient (Wildman–Crippen LogP) is 3.08. The molecule has 0 atom stereocenters. The summed E-state index contributed by atoms with van der Waals surface area (Å²) in [7, 11) is 1.73. The third-order valence-corrected chi connectivity index (χ3v) is 3.71. The lowest BCUT2D eigenvalue weighted by Crippen LogP contribution is -2.00. The fourth-order valence-corrected chi connectivity index (χ4v) is 2.72. The molecule has 106 valence electrons. The molecular formula is C17H13N5. The molecular weight excluding hydrogens is 274 g/mol. The quantitative estimate of drug-likeness (QED) is 0.398. The van der Waals surface area contributed by atoms with Crippen molar-refractivity contribution in [1.82, 2.24) is 19.9 Å². The van der Waals surface area contributed by atoms with Gasteiger partial charge in [0.2, 0.25) is 0 Å². The summed E-state index contributed by atoms with van der Waals surface area (Å²) in [6.45, 7) is 1.94. The Morgan fingerprint density at radius 2 is 1.45 bits per heavy atom. The number of hydrogen-bond donors (Lipinski definition) is 0. The third-order valence-electron chi connectivity index (χ3n) is 3.71. The van der Waals surface area contributed by atoms with Gasteiger partial charge in [-0.1, -0.05) is 0 Å². The highest BCUT2D eigenvalue weighted by Gasteiger charge is 2.13. The third kappa shape index (κ3) is 1.75. The molecule has 0 N–H and O–H groups in total. The van der Waals surface area contributed by atoms with Crippen molar-refractivity contribution in [3.05, 3.63) is 48.0 Å². The van der Waals surface area contributed by atoms with Crippen molar-refractivity contribution in [3.63, 3.8) is 0 Å². The molecule has 4 aromatic rings. The van der Waals surface area contributed by atoms with Crippen LogP contribution in [-0.2, 0) is 0 Å². The second-order valence-electron chi connectivity index (χ2n) is 5.08. The second-order valence-corrected chi connectivity index (χ2v) is 5.08. The van der Waals surface area contributed by atoms with Crippen molar-refractivity contribution >= 4 is 39.1 Å². The Labute approximate surface area is 126 Å². The lowest BCUT2D eigenvalue weighted by Gasteiger charge is -2.09. The first-order valence-corrected chi connectivity index (χ1v) is 7.01. The molecule has 0 unspecified atom stereocenters. The number of benzene rings is 1. The van der Waals surface area contributed by atoms with Crippen LogP contribution in [0, 0.1) is 6.92 Å². The van der Waals surface area contributed by atoms with Crippen molar-refractivity contribution in [1.29, 1.82) is 0 Å². The maximum absolute atomic E-state index is 4.76. The van der Waals surface area contributed by atoms with Gasteiger partial charge in [-0.25, -0.2) is 9.97 Å². The molecule has 0 radical (unpaired) electrons. The molecule has 0 spiro atoms. The largest absolute Gasteiger partial charge is 0.294 e. The number of aromatic nitrogens is 4. The average molecular weight is 287 g/mol. The van der Waals surface area contributed by atoms with Gasteiger partial charge in [0.25, 0.3) is 0 Å². The molecule has 3 heterocycles. The zero-order valence-corrected chi connectivity index (χ0v) is 12.3. The number of pyridine rings is 2. The molecule has 22 heavy (non-hydrogen) atoms. The van der Waals surface area contributed by atoms with Crippen molar-refractivity contribution in [2.75, 3.05) is 7.05 Å². The normalized spacial score (nSPS) is 11.9. The van der Waals surface area contributed by atoms with Crippen LogP contribution in [0.15, 0.2) is 41.7 Å². The number of nitrogens with zero attached hydrogens (tertiary/aromatic N) is 5. The molecule has 4 rings (SSSR count). The number of rotatable bonds is 1. The molecule has 0 saturated heterocycles. The minimum atomic E-state index is 0.781. The molecule has 0 aliphatic heterocycles. The van der Waals surface area contributed by atoms with Gasteiger partial charge >= 0.3 is 0 Å². The molecule has 0 aliphatic carbocycles. The van der Waals surface area contributed by atoms with Crippen LogP contribution in [0.1, 0.15) is 11.4 Å². The van der Waals surface area contributed by atoms with Crippen LogP contribution in [0.2, 0.25) is 0 Å². The number of hydrogen-bond acceptors (Lipinski definition) is 5. The standard InChI is InChI=1S/C17H13N5/c1-10-13(9-18-2)22-17-12-6-4-8-20-15(12)14-11(16(17)21-10)5-3-7-19-14/h3-9H,1-2H3. The topological polar surface area (TPSA) is 63.9 Å². The van der Waals surface area contributed by atoms with Crippen LogP contribution in [0.3, 0.4) is 0 Å². The number of aliphatic imine (C=N–C) groups is 1. The molecule has 0 aliphatic rings. The van der Waals surface area contributed by atoms with Crippen LogP contribution in [0.4, 0.5) is 0 Å². The van der Waals surface area contributed by atoms with E-state index in [1.807, 2.05) is 31.2 Å². The highest BCUT2D eigenvalue weighted by Crippen LogP contribution is 2.30. The summed E-state index contributed by atoms with van der Waals surface area (Å²) in [6, 6.07) is 7.84. The van der Waals surface area contributed by atoms with Crippen molar-refractivity contribution in [3.8, 4) is 0 Å². The predicted molar refractivity (Wildman–Crippen MR) is 88.4 cm³/mol. The van der Waals surface area contributed by atoms with Gasteiger partial charge < -0.3 is 0 Å². The first kappa shape index (κ1) is 12.8. The maximum atomic E-state index is 4.76. The van der Waals surface area contributed by atoms with Crippen LogP contribution in [0.25, 0.3) is 32.8 Å². The Bertz CT molecular complexity index is 1050. The summed E-state index contributed by atoms with van der Waals surface area (Å²) in [5.74, 6) is 0. The molecule has 0 amide bonds. The van der Waals surface area contributed by atoms with Gasteiger partial charge in [0.15, 0.2) is 0 Å². The molecule has 5 nitrogen and oxygen atoms in total. The molecule has 0 bridgehead atoms. The van der Waals surface area contributed by atoms with Crippen molar-refractivity contribution in [2.24, 2.45) is 4.99 Å². The number of aryl methyl sites for hydroxylation is 1. The Hall–Kier alpha value is -2.95. The molecule has 0 fully saturated rings. The van der Waals surface area contributed by atoms with E-state index in [1.54, 1.807) is 25.7 Å². The summed E-state index contributed by atoms with van der Waals surface area (Å²) in [6.07, 6.45) is 5.29. The summed E-state index contributed by atoms with van der Waals surface area (Å²) < 4.78 is 0. The maximum Gasteiger partial charge on any atom is 0.103 e. The minimum Gasteiger partial charge on any atom is -0.294 e. The van der Waals surface area contributed by atoms with Crippen molar-refractivity contribution < 1.29 is 0 Å². The summed E-state index contributed by atoms with van der Waals surface area (Å²) in [4.78, 5) is 22.6. The van der Waals surface area contributed by atoms with Crippen LogP contribution in [-0.4, -0.2) is 33.2 Å². The second kappa shape index (κ2) is 4.80. The summed E-state index contributed by atoms with van der Waals surface area (Å²) in [5.41, 5.74) is 5.03. The number of fused-ring (bicyclic) bond motifs is 6. The van der Waals surface area contributed by atoms with Crippen LogP contribution >= 0.6 is 0 Å². The Morgan fingerprint density at radius 3 is 2.05 bits per heavy atom. The molecule has 0 saturated carbocycles. The Morgan fingerprint density at radius 1 is 0.864 bits per heavy atom. The fourth-order valence-electron chi connectivity index (χ4n) is 2.72. The SMILES string of the molecule is CN=Cc1nc2c3cccnc3c3ncccc3c2nc1C. The zero-order chi connectivity index (χ0) is 15.1. The van der Waals surface area contributed by atoms with Gasteiger partial charge in [-0.15, -0.1) is 0 Å². The van der Waals surface area contributed by atoms with E-state index in [2.05, 4.69) is 15.0 Å². The molecule has 1 aromatic carbocycles. The minimum absolute atomic E-state index is 0.781. The smallest absolute Gasteiger partial charge is 0.103 e. The Balaban J connectivity index is 2.32. The van der Waals surface area contributed by atoms with Gasteiger partial charge in [-0.3, -0.25) is 15.0 Å². The van der Waals surface area contributed by atoms with Crippen LogP contribution in [0.5, 0.6) is 0 Å². The van der Waals surface area contributed by atoms with E-state index in [9.17, 15) is 0 Å². The fraction of sp³-hybridized carbons (Fsp3) is 0.118. The average Bonchev–Trinajstić information content (AvgIpc) is 2.56. The van der Waals surface area contributed by atoms with E-state index in [0.29, 0.717) is 0 Å². The van der Waals surface area contributed by atoms with E-state index < -0.39 is 0 Å². The highest BCUT2D eigenvalue weighted by atomic mass is 14.9. The van der Waals surface area contributed by atoms with Gasteiger partial charge in [-0.2, -0.15) is 0 Å². The summed E-state index contributed by atoms with van der Waals surface area (Å²) in [5, 5.41) is 1.93. The van der Waals surface area contributed by atoms with Crippen molar-refractivity contribution in [2.45, 2.75) is 6.92 Å². The van der Waals surface area contributed by atoms with E-state index >= 15 is 0 Å². The highest BCUT2D eigenvalue weighted by molar-refractivity contribution is 6.20. The summed E-state index contributed by atoms with van der Waals surface area (Å²) >= 11 is 0. The zero-order valence-electron chi connectivity index (χ0n) is 12.3. The monoisotopic (exact) mass is 287 g/mol. The molecule has 5 heteroatoms. The van der Waals surface area contributed by atoms with E-state index in [1.165, 1.54) is 0 Å². The van der Waals surface area contributed by atoms with E-state index in [4.69, 9.17) is 9.97 Å². The Kier molecular flexibility index (Phi) is 2.79. The van der Waals surface area contributed by atoms with Gasteiger partial charge in [0, 0.05) is 36.4 Å². The first-order valence-electron chi connectivity index (χ1n) is 7.01.